The van der Waals surface area contributed by atoms with E-state index in [0.29, 0.717) is 39.5 Å². The van der Waals surface area contributed by atoms with Crippen LogP contribution in [0.2, 0.25) is 0 Å². The van der Waals surface area contributed by atoms with Crippen molar-refractivity contribution in [2.45, 2.75) is 12.1 Å². The topological polar surface area (TPSA) is 81.5 Å². The van der Waals surface area contributed by atoms with Crippen LogP contribution in [-0.4, -0.2) is 77.4 Å². The maximum absolute atomic E-state index is 12.7. The van der Waals surface area contributed by atoms with Crippen LogP contribution in [0.25, 0.3) is 11.0 Å². The summed E-state index contributed by atoms with van der Waals surface area (Å²) in [5.74, 6) is 0.00206. The molecular formula is C16H21N5O3. The van der Waals surface area contributed by atoms with Crippen molar-refractivity contribution in [1.82, 2.24) is 25.2 Å². The van der Waals surface area contributed by atoms with E-state index in [1.807, 2.05) is 29.2 Å². The van der Waals surface area contributed by atoms with Crippen molar-refractivity contribution in [3.63, 3.8) is 0 Å². The second kappa shape index (κ2) is 6.46. The van der Waals surface area contributed by atoms with Crippen LogP contribution < -0.4 is 5.32 Å². The Kier molecular flexibility index (Phi) is 4.17. The Bertz CT molecular complexity index is 690. The Balaban J connectivity index is 1.45. The molecular weight excluding hydrogens is 310 g/mol. The van der Waals surface area contributed by atoms with Gasteiger partial charge in [-0.15, -0.1) is 0 Å². The number of hydrogen-bond acceptors (Lipinski definition) is 6. The molecule has 2 aromatic rings. The molecule has 0 radical (unpaired) electrons. The normalized spacial score (nSPS) is 25.1. The Morgan fingerprint density at radius 3 is 2.83 bits per heavy atom. The molecule has 1 atom stereocenters. The molecule has 8 heteroatoms. The summed E-state index contributed by atoms with van der Waals surface area (Å²) in [5, 5.41) is 12.0. The lowest BCUT2D eigenvalue weighted by atomic mass is 10.0. The smallest absolute Gasteiger partial charge is 0.246 e. The number of aromatic nitrogens is 3. The number of rotatable bonds is 2. The SMILES string of the molecule is O=C(Cn1nc2ccccc2n1)N1CCOC2(CNCCOC2)C1. The molecule has 4 rings (SSSR count). The van der Waals surface area contributed by atoms with E-state index >= 15 is 0 Å². The molecule has 2 aliphatic heterocycles. The Morgan fingerprint density at radius 2 is 2.04 bits per heavy atom. The third kappa shape index (κ3) is 3.12. The number of benzene rings is 1. The maximum atomic E-state index is 12.7. The van der Waals surface area contributed by atoms with Crippen LogP contribution in [0.3, 0.4) is 0 Å². The predicted octanol–water partition coefficient (Wildman–Crippen LogP) is -0.351. The average molecular weight is 331 g/mol. The zero-order valence-corrected chi connectivity index (χ0v) is 13.5. The van der Waals surface area contributed by atoms with Crippen molar-refractivity contribution in [3.05, 3.63) is 24.3 Å². The van der Waals surface area contributed by atoms with Crippen LogP contribution in [-0.2, 0) is 20.8 Å². The van der Waals surface area contributed by atoms with Crippen LogP contribution in [0.4, 0.5) is 0 Å². The number of amides is 1. The van der Waals surface area contributed by atoms with Gasteiger partial charge in [0.25, 0.3) is 0 Å². The third-order valence-corrected chi connectivity index (χ3v) is 4.44. The zero-order valence-electron chi connectivity index (χ0n) is 13.5. The van der Waals surface area contributed by atoms with E-state index in [2.05, 4.69) is 15.5 Å². The zero-order chi connectivity index (χ0) is 16.4. The van der Waals surface area contributed by atoms with Gasteiger partial charge >= 0.3 is 0 Å². The Morgan fingerprint density at radius 1 is 1.25 bits per heavy atom. The second-order valence-corrected chi connectivity index (χ2v) is 6.30. The quantitative estimate of drug-likeness (QED) is 0.810. The van der Waals surface area contributed by atoms with E-state index in [1.165, 1.54) is 4.80 Å². The number of nitrogens with one attached hydrogen (secondary N) is 1. The largest absolute Gasteiger partial charge is 0.377 e. The van der Waals surface area contributed by atoms with E-state index in [1.54, 1.807) is 0 Å². The first kappa shape index (κ1) is 15.5. The highest BCUT2D eigenvalue weighted by Crippen LogP contribution is 2.20. The summed E-state index contributed by atoms with van der Waals surface area (Å²) in [5.41, 5.74) is 1.14. The fourth-order valence-corrected chi connectivity index (χ4v) is 3.22. The molecule has 1 aromatic carbocycles. The van der Waals surface area contributed by atoms with E-state index in [4.69, 9.17) is 9.47 Å². The molecule has 1 unspecified atom stereocenters. The van der Waals surface area contributed by atoms with Gasteiger partial charge < -0.3 is 19.7 Å². The highest BCUT2D eigenvalue weighted by atomic mass is 16.5. The third-order valence-electron chi connectivity index (χ3n) is 4.44. The molecule has 128 valence electrons. The molecule has 0 aliphatic carbocycles. The minimum Gasteiger partial charge on any atom is -0.377 e. The van der Waals surface area contributed by atoms with Crippen molar-refractivity contribution in [2.24, 2.45) is 0 Å². The van der Waals surface area contributed by atoms with Crippen molar-refractivity contribution in [3.8, 4) is 0 Å². The van der Waals surface area contributed by atoms with Gasteiger partial charge in [0, 0.05) is 19.6 Å². The van der Waals surface area contributed by atoms with Gasteiger partial charge in [0.05, 0.1) is 26.4 Å². The van der Waals surface area contributed by atoms with Crippen LogP contribution >= 0.6 is 0 Å². The number of morpholine rings is 1. The molecule has 8 nitrogen and oxygen atoms in total. The first-order valence-corrected chi connectivity index (χ1v) is 8.24. The molecule has 2 fully saturated rings. The fraction of sp³-hybridized carbons (Fsp3) is 0.562. The van der Waals surface area contributed by atoms with Gasteiger partial charge in [-0.05, 0) is 12.1 Å². The van der Waals surface area contributed by atoms with Gasteiger partial charge in [-0.25, -0.2) is 0 Å². The number of nitrogens with zero attached hydrogens (tertiary/aromatic N) is 4. The predicted molar refractivity (Wildman–Crippen MR) is 86.5 cm³/mol. The summed E-state index contributed by atoms with van der Waals surface area (Å²) in [4.78, 5) is 16.0. The molecule has 24 heavy (non-hydrogen) atoms. The first-order valence-electron chi connectivity index (χ1n) is 8.24. The summed E-state index contributed by atoms with van der Waals surface area (Å²) in [6.07, 6.45) is 0. The summed E-state index contributed by atoms with van der Waals surface area (Å²) in [6, 6.07) is 7.60. The summed E-state index contributed by atoms with van der Waals surface area (Å²) in [6.45, 7) is 4.45. The molecule has 1 amide bonds. The van der Waals surface area contributed by atoms with Crippen LogP contribution in [0, 0.1) is 0 Å². The van der Waals surface area contributed by atoms with Crippen molar-refractivity contribution in [1.29, 1.82) is 0 Å². The molecule has 2 aliphatic rings. The van der Waals surface area contributed by atoms with Gasteiger partial charge in [0.1, 0.15) is 23.2 Å². The Hall–Kier alpha value is -2.03. The van der Waals surface area contributed by atoms with Crippen molar-refractivity contribution in [2.75, 3.05) is 46.0 Å². The van der Waals surface area contributed by atoms with E-state index in [-0.39, 0.29) is 12.5 Å². The lowest BCUT2D eigenvalue weighted by molar-refractivity contribution is -0.159. The van der Waals surface area contributed by atoms with Crippen molar-refractivity contribution >= 4 is 16.9 Å². The van der Waals surface area contributed by atoms with E-state index in [0.717, 1.165) is 17.6 Å². The highest BCUT2D eigenvalue weighted by molar-refractivity contribution is 5.77. The van der Waals surface area contributed by atoms with Crippen LogP contribution in [0.1, 0.15) is 0 Å². The Labute approximate surface area is 139 Å². The second-order valence-electron chi connectivity index (χ2n) is 6.30. The van der Waals surface area contributed by atoms with E-state index < -0.39 is 5.60 Å². The van der Waals surface area contributed by atoms with Crippen LogP contribution in [0.15, 0.2) is 24.3 Å². The number of hydrogen-bond donors (Lipinski definition) is 1. The minimum atomic E-state index is -0.452. The van der Waals surface area contributed by atoms with Gasteiger partial charge in [-0.1, -0.05) is 12.1 Å². The highest BCUT2D eigenvalue weighted by Gasteiger charge is 2.39. The first-order chi connectivity index (χ1) is 11.7. The molecule has 2 saturated heterocycles. The lowest BCUT2D eigenvalue weighted by Gasteiger charge is -2.41. The van der Waals surface area contributed by atoms with Gasteiger partial charge in [0.15, 0.2) is 0 Å². The monoisotopic (exact) mass is 331 g/mol. The lowest BCUT2D eigenvalue weighted by Crippen LogP contribution is -2.59. The van der Waals surface area contributed by atoms with E-state index in [9.17, 15) is 4.79 Å². The number of fused-ring (bicyclic) bond motifs is 1. The average Bonchev–Trinajstić information content (AvgIpc) is 2.87. The standard InChI is InChI=1S/C16H21N5O3/c22-15(9-21-18-13-3-1-2-4-14(13)19-21)20-6-8-24-16(11-20)10-17-5-7-23-12-16/h1-4,17H,5-12H2. The van der Waals surface area contributed by atoms with Gasteiger partial charge in [-0.3, -0.25) is 4.79 Å². The number of carbonyl (C=O) groups excluding carboxylic acids is 1. The minimum absolute atomic E-state index is 0.00206. The molecule has 0 saturated carbocycles. The summed E-state index contributed by atoms with van der Waals surface area (Å²) in [7, 11) is 0. The maximum Gasteiger partial charge on any atom is 0.246 e. The fourth-order valence-electron chi connectivity index (χ4n) is 3.22. The van der Waals surface area contributed by atoms with Gasteiger partial charge in [0.2, 0.25) is 5.91 Å². The van der Waals surface area contributed by atoms with Gasteiger partial charge in [-0.2, -0.15) is 15.0 Å². The molecule has 1 spiro atoms. The molecule has 1 aromatic heterocycles. The van der Waals surface area contributed by atoms with Crippen molar-refractivity contribution < 1.29 is 14.3 Å². The molecule has 1 N–H and O–H groups in total. The molecule has 0 bridgehead atoms. The summed E-state index contributed by atoms with van der Waals surface area (Å²) < 4.78 is 11.6. The number of carbonyl (C=O) groups is 1. The van der Waals surface area contributed by atoms with Crippen LogP contribution in [0.5, 0.6) is 0 Å². The number of ether oxygens (including phenoxy) is 2. The molecule has 3 heterocycles. The summed E-state index contributed by atoms with van der Waals surface area (Å²) >= 11 is 0.